The van der Waals surface area contributed by atoms with Crippen LogP contribution in [0.3, 0.4) is 0 Å². The molecule has 3 rings (SSSR count). The van der Waals surface area contributed by atoms with Crippen molar-refractivity contribution in [3.05, 3.63) is 58.0 Å². The van der Waals surface area contributed by atoms with Crippen molar-refractivity contribution >= 4 is 22.1 Å². The van der Waals surface area contributed by atoms with Gasteiger partial charge in [-0.1, -0.05) is 49.4 Å². The number of likely N-dealkylation sites (N-methyl/N-ethyl adjacent to an activating group) is 1. The van der Waals surface area contributed by atoms with Crippen LogP contribution < -0.4 is 5.32 Å². The summed E-state index contributed by atoms with van der Waals surface area (Å²) in [5, 5.41) is 16.7. The van der Waals surface area contributed by atoms with Gasteiger partial charge in [-0.25, -0.2) is 0 Å². The molecule has 3 nitrogen and oxygen atoms in total. The number of hydrogen-bond donors (Lipinski definition) is 1. The Kier molecular flexibility index (Phi) is 4.58. The first kappa shape index (κ1) is 14.2. The van der Waals surface area contributed by atoms with E-state index in [9.17, 15) is 0 Å². The van der Waals surface area contributed by atoms with Gasteiger partial charge >= 0.3 is 0 Å². The Morgan fingerprint density at radius 1 is 1.00 bits per heavy atom. The third-order valence-electron chi connectivity index (χ3n) is 3.44. The molecule has 1 N–H and O–H groups in total. The molecule has 4 heteroatoms. The highest BCUT2D eigenvalue weighted by atomic mass is 32.1. The molecular formula is C17H19N3S. The molecule has 0 fully saturated rings. The van der Waals surface area contributed by atoms with Crippen LogP contribution in [0.15, 0.2) is 42.5 Å². The first-order chi connectivity index (χ1) is 10.3. The van der Waals surface area contributed by atoms with Gasteiger partial charge in [0.25, 0.3) is 0 Å². The molecule has 1 aromatic heterocycles. The van der Waals surface area contributed by atoms with Crippen molar-refractivity contribution in [1.82, 2.24) is 15.5 Å². The Labute approximate surface area is 129 Å². The third kappa shape index (κ3) is 3.65. The second kappa shape index (κ2) is 6.78. The molecule has 0 bridgehead atoms. The van der Waals surface area contributed by atoms with E-state index in [1.165, 1.54) is 16.3 Å². The van der Waals surface area contributed by atoms with Gasteiger partial charge in [-0.05, 0) is 22.9 Å². The van der Waals surface area contributed by atoms with Gasteiger partial charge in [-0.15, -0.1) is 21.5 Å². The average Bonchev–Trinajstić information content (AvgIpc) is 2.95. The summed E-state index contributed by atoms with van der Waals surface area (Å²) >= 11 is 1.72. The summed E-state index contributed by atoms with van der Waals surface area (Å²) in [7, 11) is 0. The van der Waals surface area contributed by atoms with E-state index in [0.717, 1.165) is 35.9 Å². The minimum atomic E-state index is 0.865. The summed E-state index contributed by atoms with van der Waals surface area (Å²) in [5.41, 5.74) is 1.29. The lowest BCUT2D eigenvalue weighted by Crippen LogP contribution is -2.15. The number of hydrogen-bond acceptors (Lipinski definition) is 4. The fourth-order valence-corrected chi connectivity index (χ4v) is 3.23. The number of aromatic nitrogens is 2. The first-order valence-electron chi connectivity index (χ1n) is 7.35. The van der Waals surface area contributed by atoms with E-state index in [-0.39, 0.29) is 0 Å². The minimum absolute atomic E-state index is 0.865. The van der Waals surface area contributed by atoms with Crippen molar-refractivity contribution in [2.75, 3.05) is 13.1 Å². The summed E-state index contributed by atoms with van der Waals surface area (Å²) < 4.78 is 0. The highest BCUT2D eigenvalue weighted by Crippen LogP contribution is 2.19. The lowest BCUT2D eigenvalue weighted by molar-refractivity contribution is 0.710. The molecule has 0 unspecified atom stereocenters. The Morgan fingerprint density at radius 3 is 2.67 bits per heavy atom. The van der Waals surface area contributed by atoms with Crippen LogP contribution in [-0.4, -0.2) is 23.3 Å². The molecule has 0 atom stereocenters. The maximum Gasteiger partial charge on any atom is 0.121 e. The van der Waals surface area contributed by atoms with Crippen molar-refractivity contribution in [3.8, 4) is 0 Å². The van der Waals surface area contributed by atoms with Crippen LogP contribution in [-0.2, 0) is 12.8 Å². The second-order valence-corrected chi connectivity index (χ2v) is 6.20. The zero-order valence-electron chi connectivity index (χ0n) is 12.2. The molecule has 1 heterocycles. The van der Waals surface area contributed by atoms with E-state index in [1.54, 1.807) is 11.3 Å². The summed E-state index contributed by atoms with van der Waals surface area (Å²) in [4.78, 5) is 0. The topological polar surface area (TPSA) is 37.8 Å². The molecule has 0 spiro atoms. The molecule has 3 aromatic rings. The molecule has 0 saturated heterocycles. The number of rotatable bonds is 6. The first-order valence-corrected chi connectivity index (χ1v) is 8.16. The maximum absolute atomic E-state index is 4.31. The van der Waals surface area contributed by atoms with Gasteiger partial charge in [0.05, 0.1) is 0 Å². The van der Waals surface area contributed by atoms with Crippen molar-refractivity contribution in [2.45, 2.75) is 19.8 Å². The predicted molar refractivity (Wildman–Crippen MR) is 88.9 cm³/mol. The Morgan fingerprint density at radius 2 is 1.81 bits per heavy atom. The van der Waals surface area contributed by atoms with Crippen molar-refractivity contribution in [3.63, 3.8) is 0 Å². The van der Waals surface area contributed by atoms with Crippen LogP contribution in [0.2, 0.25) is 0 Å². The minimum Gasteiger partial charge on any atom is -0.317 e. The van der Waals surface area contributed by atoms with Crippen LogP contribution in [0.1, 0.15) is 22.5 Å². The third-order valence-corrected chi connectivity index (χ3v) is 4.43. The normalized spacial score (nSPS) is 11.1. The zero-order valence-corrected chi connectivity index (χ0v) is 13.0. The van der Waals surface area contributed by atoms with Gasteiger partial charge in [-0.2, -0.15) is 0 Å². The SMILES string of the molecule is CCNCCc1nnc(Cc2ccc3ccccc3c2)s1. The van der Waals surface area contributed by atoms with Crippen molar-refractivity contribution < 1.29 is 0 Å². The largest absolute Gasteiger partial charge is 0.317 e. The van der Waals surface area contributed by atoms with Gasteiger partial charge in [0.2, 0.25) is 0 Å². The second-order valence-electron chi connectivity index (χ2n) is 5.05. The van der Waals surface area contributed by atoms with E-state index in [0.29, 0.717) is 0 Å². The molecule has 0 radical (unpaired) electrons. The van der Waals surface area contributed by atoms with Crippen LogP contribution >= 0.6 is 11.3 Å². The fourth-order valence-electron chi connectivity index (χ4n) is 2.36. The van der Waals surface area contributed by atoms with Gasteiger partial charge < -0.3 is 5.32 Å². The predicted octanol–water partition coefficient (Wildman–Crippen LogP) is 3.43. The maximum atomic E-state index is 4.31. The number of benzene rings is 2. The molecule has 0 aliphatic carbocycles. The fraction of sp³-hybridized carbons (Fsp3) is 0.294. The standard InChI is InChI=1S/C17H19N3S/c1-2-18-10-9-16-19-20-17(21-16)12-13-7-8-14-5-3-4-6-15(14)11-13/h3-8,11,18H,2,9-10,12H2,1H3. The number of nitrogens with zero attached hydrogens (tertiary/aromatic N) is 2. The van der Waals surface area contributed by atoms with Crippen LogP contribution in [0.4, 0.5) is 0 Å². The lowest BCUT2D eigenvalue weighted by Gasteiger charge is -2.01. The molecule has 2 aromatic carbocycles. The summed E-state index contributed by atoms with van der Waals surface area (Å²) in [6.45, 7) is 4.09. The van der Waals surface area contributed by atoms with Crippen LogP contribution in [0.25, 0.3) is 10.8 Å². The molecule has 0 aliphatic heterocycles. The van der Waals surface area contributed by atoms with Crippen LogP contribution in [0.5, 0.6) is 0 Å². The summed E-state index contributed by atoms with van der Waals surface area (Å²) in [5.74, 6) is 0. The molecule has 0 saturated carbocycles. The molecule has 0 amide bonds. The quantitative estimate of drug-likeness (QED) is 0.708. The smallest absolute Gasteiger partial charge is 0.121 e. The van der Waals surface area contributed by atoms with E-state index >= 15 is 0 Å². The van der Waals surface area contributed by atoms with Gasteiger partial charge in [0.15, 0.2) is 0 Å². The Hall–Kier alpha value is -1.78. The monoisotopic (exact) mass is 297 g/mol. The highest BCUT2D eigenvalue weighted by molar-refractivity contribution is 7.11. The molecule has 21 heavy (non-hydrogen) atoms. The summed E-state index contributed by atoms with van der Waals surface area (Å²) in [6, 6.07) is 15.1. The van der Waals surface area contributed by atoms with Gasteiger partial charge in [0.1, 0.15) is 10.0 Å². The van der Waals surface area contributed by atoms with Crippen molar-refractivity contribution in [2.24, 2.45) is 0 Å². The number of nitrogens with one attached hydrogen (secondary N) is 1. The number of fused-ring (bicyclic) bond motifs is 1. The Bertz CT molecular complexity index is 721. The molecular weight excluding hydrogens is 278 g/mol. The van der Waals surface area contributed by atoms with Crippen LogP contribution in [0, 0.1) is 0 Å². The van der Waals surface area contributed by atoms with Gasteiger partial charge in [-0.3, -0.25) is 0 Å². The summed E-state index contributed by atoms with van der Waals surface area (Å²) in [6.07, 6.45) is 1.83. The van der Waals surface area contributed by atoms with E-state index in [4.69, 9.17) is 0 Å². The van der Waals surface area contributed by atoms with Gasteiger partial charge in [0, 0.05) is 19.4 Å². The van der Waals surface area contributed by atoms with E-state index in [1.807, 2.05) is 0 Å². The highest BCUT2D eigenvalue weighted by Gasteiger charge is 2.05. The molecule has 108 valence electrons. The Balaban J connectivity index is 1.70. The lowest BCUT2D eigenvalue weighted by atomic mass is 10.1. The zero-order chi connectivity index (χ0) is 14.5. The average molecular weight is 297 g/mol. The van der Waals surface area contributed by atoms with E-state index in [2.05, 4.69) is 64.9 Å². The van der Waals surface area contributed by atoms with E-state index < -0.39 is 0 Å². The molecule has 0 aliphatic rings. The van der Waals surface area contributed by atoms with Crippen molar-refractivity contribution in [1.29, 1.82) is 0 Å².